The van der Waals surface area contributed by atoms with Gasteiger partial charge >= 0.3 is 0 Å². The van der Waals surface area contributed by atoms with Gasteiger partial charge in [0.15, 0.2) is 5.16 Å². The number of hydrogen-bond acceptors (Lipinski definition) is 6. The first kappa shape index (κ1) is 17.9. The number of rotatable bonds is 6. The first-order chi connectivity index (χ1) is 11.5. The van der Waals surface area contributed by atoms with Gasteiger partial charge in [0.2, 0.25) is 0 Å². The van der Waals surface area contributed by atoms with Crippen LogP contribution in [0.2, 0.25) is 0 Å². The number of hydrogen-bond donors (Lipinski definition) is 1. The maximum absolute atomic E-state index is 12.1. The topological polar surface area (TPSA) is 76.5 Å². The van der Waals surface area contributed by atoms with Crippen molar-refractivity contribution < 1.29 is 9.53 Å². The fourth-order valence-corrected chi connectivity index (χ4v) is 2.86. The highest BCUT2D eigenvalue weighted by molar-refractivity contribution is 8.00. The van der Waals surface area contributed by atoms with Crippen molar-refractivity contribution in [2.75, 3.05) is 7.11 Å². The molecule has 1 heterocycles. The Hall–Kier alpha value is -2.41. The van der Waals surface area contributed by atoms with Gasteiger partial charge in [-0.05, 0) is 39.0 Å². The molecule has 1 aromatic carbocycles. The third-order valence-corrected chi connectivity index (χ3v) is 4.09. The van der Waals surface area contributed by atoms with Gasteiger partial charge in [0.05, 0.1) is 18.6 Å². The van der Waals surface area contributed by atoms with Crippen LogP contribution in [0.5, 0.6) is 5.75 Å². The van der Waals surface area contributed by atoms with E-state index in [2.05, 4.69) is 20.5 Å². The van der Waals surface area contributed by atoms with Crippen LogP contribution in [0.4, 0.5) is 0 Å². The van der Waals surface area contributed by atoms with E-state index in [1.165, 1.54) is 11.8 Å². The molecule has 7 heteroatoms. The number of benzene rings is 1. The Balaban J connectivity index is 1.95. The lowest BCUT2D eigenvalue weighted by atomic mass is 10.2. The first-order valence-electron chi connectivity index (χ1n) is 7.44. The van der Waals surface area contributed by atoms with Gasteiger partial charge in [0, 0.05) is 17.0 Å². The SMILES string of the molecule is COc1ccccc1/C=N\NC(=O)[C@@H](C)Sc1nc(C)cc(C)n1. The van der Waals surface area contributed by atoms with E-state index in [-0.39, 0.29) is 11.2 Å². The lowest BCUT2D eigenvalue weighted by Crippen LogP contribution is -2.27. The Morgan fingerprint density at radius 3 is 2.62 bits per heavy atom. The van der Waals surface area contributed by atoms with Gasteiger partial charge in [-0.3, -0.25) is 4.79 Å². The van der Waals surface area contributed by atoms with Gasteiger partial charge in [-0.25, -0.2) is 15.4 Å². The van der Waals surface area contributed by atoms with E-state index in [1.54, 1.807) is 20.2 Å². The zero-order valence-electron chi connectivity index (χ0n) is 14.1. The molecule has 0 fully saturated rings. The number of para-hydroxylation sites is 1. The second-order valence-corrected chi connectivity index (χ2v) is 6.48. The summed E-state index contributed by atoms with van der Waals surface area (Å²) in [4.78, 5) is 20.8. The number of aryl methyl sites for hydroxylation is 2. The molecule has 0 bridgehead atoms. The van der Waals surface area contributed by atoms with Crippen molar-refractivity contribution in [2.24, 2.45) is 5.10 Å². The number of amides is 1. The number of hydrazone groups is 1. The maximum atomic E-state index is 12.1. The van der Waals surface area contributed by atoms with Crippen LogP contribution in [-0.2, 0) is 4.79 Å². The summed E-state index contributed by atoms with van der Waals surface area (Å²) >= 11 is 1.30. The van der Waals surface area contributed by atoms with E-state index in [1.807, 2.05) is 44.2 Å². The third-order valence-electron chi connectivity index (χ3n) is 3.13. The Kier molecular flexibility index (Phi) is 6.31. The Labute approximate surface area is 145 Å². The number of carbonyl (C=O) groups is 1. The fourth-order valence-electron chi connectivity index (χ4n) is 1.99. The first-order valence-corrected chi connectivity index (χ1v) is 8.32. The van der Waals surface area contributed by atoms with Gasteiger partial charge in [-0.1, -0.05) is 23.9 Å². The van der Waals surface area contributed by atoms with Crippen molar-refractivity contribution >= 4 is 23.9 Å². The van der Waals surface area contributed by atoms with E-state index in [9.17, 15) is 4.79 Å². The van der Waals surface area contributed by atoms with Gasteiger partial charge in [0.25, 0.3) is 5.91 Å². The zero-order valence-corrected chi connectivity index (χ0v) is 14.9. The van der Waals surface area contributed by atoms with Crippen LogP contribution in [0.1, 0.15) is 23.9 Å². The minimum absolute atomic E-state index is 0.214. The van der Waals surface area contributed by atoms with Crippen molar-refractivity contribution in [1.29, 1.82) is 0 Å². The van der Waals surface area contributed by atoms with Crippen LogP contribution >= 0.6 is 11.8 Å². The number of thioether (sulfide) groups is 1. The highest BCUT2D eigenvalue weighted by Gasteiger charge is 2.15. The predicted molar refractivity (Wildman–Crippen MR) is 95.6 cm³/mol. The van der Waals surface area contributed by atoms with E-state index in [0.29, 0.717) is 10.9 Å². The molecule has 126 valence electrons. The van der Waals surface area contributed by atoms with Crippen molar-refractivity contribution in [3.8, 4) is 5.75 Å². The lowest BCUT2D eigenvalue weighted by molar-refractivity contribution is -0.120. The normalized spacial score (nSPS) is 12.2. The monoisotopic (exact) mass is 344 g/mol. The summed E-state index contributed by atoms with van der Waals surface area (Å²) in [5, 5.41) is 4.22. The van der Waals surface area contributed by atoms with Gasteiger partial charge in [0.1, 0.15) is 5.75 Å². The smallest absolute Gasteiger partial charge is 0.253 e. The van der Waals surface area contributed by atoms with Crippen LogP contribution in [-0.4, -0.2) is 34.4 Å². The average Bonchev–Trinajstić information content (AvgIpc) is 2.54. The third kappa shape index (κ3) is 5.06. The molecule has 1 atom stereocenters. The molecule has 0 aliphatic heterocycles. The highest BCUT2D eigenvalue weighted by Crippen LogP contribution is 2.20. The number of nitrogens with one attached hydrogen (secondary N) is 1. The van der Waals surface area contributed by atoms with E-state index < -0.39 is 0 Å². The quantitative estimate of drug-likeness (QED) is 0.377. The fraction of sp³-hybridized carbons (Fsp3) is 0.294. The van der Waals surface area contributed by atoms with Crippen LogP contribution in [0.3, 0.4) is 0 Å². The molecule has 0 spiro atoms. The minimum atomic E-state index is -0.360. The molecule has 0 unspecified atom stereocenters. The summed E-state index contributed by atoms with van der Waals surface area (Å²) < 4.78 is 5.23. The molecule has 2 aromatic rings. The molecule has 0 aliphatic carbocycles. The van der Waals surface area contributed by atoms with E-state index in [0.717, 1.165) is 17.0 Å². The van der Waals surface area contributed by atoms with E-state index >= 15 is 0 Å². The number of nitrogens with zero attached hydrogens (tertiary/aromatic N) is 3. The summed E-state index contributed by atoms with van der Waals surface area (Å²) in [6, 6.07) is 9.33. The second kappa shape index (κ2) is 8.44. The van der Waals surface area contributed by atoms with Crippen molar-refractivity contribution in [2.45, 2.75) is 31.2 Å². The maximum Gasteiger partial charge on any atom is 0.253 e. The van der Waals surface area contributed by atoms with Crippen LogP contribution < -0.4 is 10.2 Å². The number of aromatic nitrogens is 2. The summed E-state index contributed by atoms with van der Waals surface area (Å²) in [5.41, 5.74) is 5.08. The number of carbonyl (C=O) groups excluding carboxylic acids is 1. The van der Waals surface area contributed by atoms with Gasteiger partial charge in [-0.2, -0.15) is 5.10 Å². The molecule has 0 saturated carbocycles. The summed E-state index contributed by atoms with van der Waals surface area (Å²) in [6.45, 7) is 5.60. The summed E-state index contributed by atoms with van der Waals surface area (Å²) in [6.07, 6.45) is 1.56. The Morgan fingerprint density at radius 1 is 1.29 bits per heavy atom. The predicted octanol–water partition coefficient (Wildman–Crippen LogP) is 2.73. The molecule has 6 nitrogen and oxygen atoms in total. The molecule has 0 saturated heterocycles. The van der Waals surface area contributed by atoms with Crippen molar-refractivity contribution in [3.63, 3.8) is 0 Å². The second-order valence-electron chi connectivity index (χ2n) is 5.17. The van der Waals surface area contributed by atoms with E-state index in [4.69, 9.17) is 4.74 Å². The van der Waals surface area contributed by atoms with Crippen molar-refractivity contribution in [1.82, 2.24) is 15.4 Å². The Morgan fingerprint density at radius 2 is 1.96 bits per heavy atom. The number of ether oxygens (including phenoxy) is 1. The van der Waals surface area contributed by atoms with Crippen LogP contribution in [0.15, 0.2) is 40.6 Å². The van der Waals surface area contributed by atoms with Gasteiger partial charge in [-0.15, -0.1) is 0 Å². The molecule has 24 heavy (non-hydrogen) atoms. The Bertz CT molecular complexity index is 729. The molecule has 0 aliphatic rings. The van der Waals surface area contributed by atoms with Crippen LogP contribution in [0, 0.1) is 13.8 Å². The molecule has 1 aromatic heterocycles. The molecular formula is C17H20N4O2S. The average molecular weight is 344 g/mol. The summed E-state index contributed by atoms with van der Waals surface area (Å²) in [7, 11) is 1.59. The molecule has 1 N–H and O–H groups in total. The minimum Gasteiger partial charge on any atom is -0.496 e. The number of methoxy groups -OCH3 is 1. The van der Waals surface area contributed by atoms with Gasteiger partial charge < -0.3 is 4.74 Å². The lowest BCUT2D eigenvalue weighted by Gasteiger charge is -2.09. The standard InChI is InChI=1S/C17H20N4O2S/c1-11-9-12(2)20-17(19-11)24-13(3)16(22)21-18-10-14-7-5-6-8-15(14)23-4/h5-10,13H,1-4H3,(H,21,22)/b18-10-/t13-/m1/s1. The zero-order chi connectivity index (χ0) is 17.5. The van der Waals surface area contributed by atoms with Crippen LogP contribution in [0.25, 0.3) is 0 Å². The largest absolute Gasteiger partial charge is 0.496 e. The summed E-state index contributed by atoms with van der Waals surface area (Å²) in [5.74, 6) is 0.482. The molecular weight excluding hydrogens is 324 g/mol. The molecule has 1 amide bonds. The highest BCUT2D eigenvalue weighted by atomic mass is 32.2. The molecule has 0 radical (unpaired) electrons. The molecule has 2 rings (SSSR count). The van der Waals surface area contributed by atoms with Crippen molar-refractivity contribution in [3.05, 3.63) is 47.3 Å².